The smallest absolute Gasteiger partial charge is 0.117 e. The van der Waals surface area contributed by atoms with Crippen LogP contribution in [0.25, 0.3) is 0 Å². The van der Waals surface area contributed by atoms with Gasteiger partial charge in [0.25, 0.3) is 0 Å². The first-order valence-corrected chi connectivity index (χ1v) is 7.75. The summed E-state index contributed by atoms with van der Waals surface area (Å²) in [7, 11) is 0. The maximum Gasteiger partial charge on any atom is 0.117 e. The van der Waals surface area contributed by atoms with E-state index < -0.39 is 0 Å². The van der Waals surface area contributed by atoms with Crippen LogP contribution in [0.4, 0.5) is 0 Å². The Morgan fingerprint density at radius 1 is 0.826 bits per heavy atom. The summed E-state index contributed by atoms with van der Waals surface area (Å²) in [6, 6.07) is 16.5. The van der Waals surface area contributed by atoms with Gasteiger partial charge in [-0.2, -0.15) is 0 Å². The van der Waals surface area contributed by atoms with Gasteiger partial charge >= 0.3 is 0 Å². The standard InChI is InChI=1S/C19H21N3O/c20-12-16-3-5-17(6-4-16)13-22(15-19-2-1-11-23-19)14-18-7-9-21-10-8-18/h1-11H,12-15,20H2. The number of pyridine rings is 1. The van der Waals surface area contributed by atoms with E-state index >= 15 is 0 Å². The molecule has 0 radical (unpaired) electrons. The number of rotatable bonds is 7. The highest BCUT2D eigenvalue weighted by molar-refractivity contribution is 5.22. The highest BCUT2D eigenvalue weighted by Gasteiger charge is 2.10. The van der Waals surface area contributed by atoms with Crippen LogP contribution in [0.1, 0.15) is 22.5 Å². The molecule has 4 nitrogen and oxygen atoms in total. The Morgan fingerprint density at radius 3 is 2.09 bits per heavy atom. The molecule has 0 unspecified atom stereocenters. The van der Waals surface area contributed by atoms with Gasteiger partial charge in [-0.05, 0) is 41.0 Å². The fourth-order valence-electron chi connectivity index (χ4n) is 2.58. The normalized spacial score (nSPS) is 11.0. The molecule has 0 spiro atoms. The molecule has 118 valence electrons. The Labute approximate surface area is 136 Å². The van der Waals surface area contributed by atoms with E-state index in [-0.39, 0.29) is 0 Å². The van der Waals surface area contributed by atoms with Crippen LogP contribution >= 0.6 is 0 Å². The quantitative estimate of drug-likeness (QED) is 0.727. The van der Waals surface area contributed by atoms with Gasteiger partial charge in [0, 0.05) is 32.0 Å². The van der Waals surface area contributed by atoms with Crippen LogP contribution in [0.15, 0.2) is 71.6 Å². The summed E-state index contributed by atoms with van der Waals surface area (Å²) in [5, 5.41) is 0. The summed E-state index contributed by atoms with van der Waals surface area (Å²) in [6.45, 7) is 3.05. The van der Waals surface area contributed by atoms with Gasteiger partial charge in [-0.1, -0.05) is 24.3 Å². The number of hydrogen-bond acceptors (Lipinski definition) is 4. The molecular formula is C19H21N3O. The molecule has 3 aromatic rings. The molecule has 0 amide bonds. The average molecular weight is 307 g/mol. The van der Waals surface area contributed by atoms with Crippen LogP contribution in [0.3, 0.4) is 0 Å². The molecule has 0 atom stereocenters. The van der Waals surface area contributed by atoms with Crippen LogP contribution in [-0.2, 0) is 26.2 Å². The van der Waals surface area contributed by atoms with Crippen molar-refractivity contribution in [3.05, 3.63) is 89.6 Å². The van der Waals surface area contributed by atoms with E-state index in [0.29, 0.717) is 6.54 Å². The lowest BCUT2D eigenvalue weighted by Crippen LogP contribution is -2.22. The number of nitrogens with zero attached hydrogens (tertiary/aromatic N) is 2. The molecule has 0 bridgehead atoms. The number of hydrogen-bond donors (Lipinski definition) is 1. The zero-order valence-electron chi connectivity index (χ0n) is 13.1. The predicted octanol–water partition coefficient (Wildman–Crippen LogP) is 3.34. The van der Waals surface area contributed by atoms with Gasteiger partial charge in [-0.3, -0.25) is 9.88 Å². The first kappa shape index (κ1) is 15.5. The van der Waals surface area contributed by atoms with Crippen LogP contribution in [-0.4, -0.2) is 9.88 Å². The zero-order chi connectivity index (χ0) is 15.9. The van der Waals surface area contributed by atoms with Gasteiger partial charge in [0.15, 0.2) is 0 Å². The summed E-state index contributed by atoms with van der Waals surface area (Å²) in [4.78, 5) is 6.44. The van der Waals surface area contributed by atoms with Crippen LogP contribution in [0, 0.1) is 0 Å². The van der Waals surface area contributed by atoms with Crippen molar-refractivity contribution < 1.29 is 4.42 Å². The van der Waals surface area contributed by atoms with E-state index in [1.165, 1.54) is 11.1 Å². The first-order valence-electron chi connectivity index (χ1n) is 7.75. The monoisotopic (exact) mass is 307 g/mol. The van der Waals surface area contributed by atoms with Crippen molar-refractivity contribution in [2.24, 2.45) is 5.73 Å². The van der Waals surface area contributed by atoms with Crippen molar-refractivity contribution >= 4 is 0 Å². The topological polar surface area (TPSA) is 55.3 Å². The summed E-state index contributed by atoms with van der Waals surface area (Å²) in [6.07, 6.45) is 5.38. The summed E-state index contributed by atoms with van der Waals surface area (Å²) in [5.74, 6) is 0.970. The van der Waals surface area contributed by atoms with Gasteiger partial charge in [-0.25, -0.2) is 0 Å². The summed E-state index contributed by atoms with van der Waals surface area (Å²) >= 11 is 0. The van der Waals surface area contributed by atoms with Gasteiger partial charge < -0.3 is 10.2 Å². The van der Waals surface area contributed by atoms with E-state index in [0.717, 1.165) is 31.0 Å². The van der Waals surface area contributed by atoms with Gasteiger partial charge in [0.1, 0.15) is 5.76 Å². The highest BCUT2D eigenvalue weighted by atomic mass is 16.3. The maximum atomic E-state index is 5.66. The second-order valence-corrected chi connectivity index (χ2v) is 5.60. The molecule has 0 fully saturated rings. The molecule has 2 N–H and O–H groups in total. The summed E-state index contributed by atoms with van der Waals surface area (Å²) in [5.41, 5.74) is 9.33. The lowest BCUT2D eigenvalue weighted by molar-refractivity contribution is 0.227. The van der Waals surface area contributed by atoms with Crippen LogP contribution in [0.5, 0.6) is 0 Å². The van der Waals surface area contributed by atoms with Crippen molar-refractivity contribution in [1.82, 2.24) is 9.88 Å². The van der Waals surface area contributed by atoms with E-state index in [4.69, 9.17) is 10.2 Å². The third kappa shape index (κ3) is 4.52. The van der Waals surface area contributed by atoms with E-state index in [9.17, 15) is 0 Å². The lowest BCUT2D eigenvalue weighted by atomic mass is 10.1. The average Bonchev–Trinajstić information content (AvgIpc) is 3.09. The second-order valence-electron chi connectivity index (χ2n) is 5.60. The molecule has 4 heteroatoms. The predicted molar refractivity (Wildman–Crippen MR) is 90.2 cm³/mol. The molecule has 23 heavy (non-hydrogen) atoms. The minimum Gasteiger partial charge on any atom is -0.468 e. The minimum absolute atomic E-state index is 0.577. The number of furan rings is 1. The largest absolute Gasteiger partial charge is 0.468 e. The zero-order valence-corrected chi connectivity index (χ0v) is 13.1. The molecule has 0 saturated carbocycles. The highest BCUT2D eigenvalue weighted by Crippen LogP contribution is 2.15. The van der Waals surface area contributed by atoms with Crippen molar-refractivity contribution in [3.63, 3.8) is 0 Å². The molecule has 3 rings (SSSR count). The Hall–Kier alpha value is -2.43. The molecule has 0 aliphatic heterocycles. The molecular weight excluding hydrogens is 286 g/mol. The molecule has 2 heterocycles. The van der Waals surface area contributed by atoms with Crippen molar-refractivity contribution in [3.8, 4) is 0 Å². The van der Waals surface area contributed by atoms with E-state index in [2.05, 4.69) is 34.1 Å². The Balaban J connectivity index is 1.73. The maximum absolute atomic E-state index is 5.66. The molecule has 0 aliphatic rings. The number of nitrogens with two attached hydrogens (primary N) is 1. The molecule has 1 aromatic carbocycles. The minimum atomic E-state index is 0.577. The molecule has 0 aliphatic carbocycles. The molecule has 0 saturated heterocycles. The van der Waals surface area contributed by atoms with Crippen LogP contribution in [0.2, 0.25) is 0 Å². The fraction of sp³-hybridized carbons (Fsp3) is 0.211. The van der Waals surface area contributed by atoms with Crippen LogP contribution < -0.4 is 5.73 Å². The lowest BCUT2D eigenvalue weighted by Gasteiger charge is -2.21. The molecule has 2 aromatic heterocycles. The third-order valence-corrected chi connectivity index (χ3v) is 3.78. The first-order chi connectivity index (χ1) is 11.3. The van der Waals surface area contributed by atoms with Gasteiger partial charge in [0.05, 0.1) is 12.8 Å². The van der Waals surface area contributed by atoms with E-state index in [1.54, 1.807) is 6.26 Å². The fourth-order valence-corrected chi connectivity index (χ4v) is 2.58. The van der Waals surface area contributed by atoms with Crippen molar-refractivity contribution in [1.29, 1.82) is 0 Å². The van der Waals surface area contributed by atoms with Crippen molar-refractivity contribution in [2.45, 2.75) is 26.2 Å². The van der Waals surface area contributed by atoms with Gasteiger partial charge in [-0.15, -0.1) is 0 Å². The van der Waals surface area contributed by atoms with Gasteiger partial charge in [0.2, 0.25) is 0 Å². The third-order valence-electron chi connectivity index (χ3n) is 3.78. The van der Waals surface area contributed by atoms with E-state index in [1.807, 2.05) is 36.7 Å². The Bertz CT molecular complexity index is 693. The number of aromatic nitrogens is 1. The SMILES string of the molecule is NCc1ccc(CN(Cc2ccncc2)Cc2ccco2)cc1. The summed E-state index contributed by atoms with van der Waals surface area (Å²) < 4.78 is 5.51. The Morgan fingerprint density at radius 2 is 1.48 bits per heavy atom. The Kier molecular flexibility index (Phi) is 5.19. The second kappa shape index (κ2) is 7.72. The number of benzene rings is 1. The van der Waals surface area contributed by atoms with Crippen molar-refractivity contribution in [2.75, 3.05) is 0 Å².